The fourth-order valence-corrected chi connectivity index (χ4v) is 1.41. The second-order valence-corrected chi connectivity index (χ2v) is 3.39. The number of anilines is 1. The Morgan fingerprint density at radius 2 is 1.73 bits per heavy atom. The molecule has 1 aliphatic heterocycles. The molecule has 86 valence electrons. The van der Waals surface area contributed by atoms with Gasteiger partial charge < -0.3 is 5.32 Å². The SMILES string of the molecule is CC.CCC.c1ccc2c(c1)CCCN2. The lowest BCUT2D eigenvalue weighted by atomic mass is 10.0. The minimum atomic E-state index is 1.14. The molecule has 1 aliphatic rings. The van der Waals surface area contributed by atoms with Crippen LogP contribution in [0.15, 0.2) is 24.3 Å². The molecule has 0 saturated heterocycles. The second-order valence-electron chi connectivity index (χ2n) is 3.39. The van der Waals surface area contributed by atoms with E-state index >= 15 is 0 Å². The third kappa shape index (κ3) is 5.46. The number of aryl methyl sites for hydroxylation is 1. The minimum Gasteiger partial charge on any atom is -0.385 e. The molecule has 0 saturated carbocycles. The van der Waals surface area contributed by atoms with E-state index in [2.05, 4.69) is 43.4 Å². The number of benzene rings is 1. The van der Waals surface area contributed by atoms with Crippen LogP contribution in [0.25, 0.3) is 0 Å². The maximum atomic E-state index is 3.36. The normalized spacial score (nSPS) is 12.0. The number of para-hydroxylation sites is 1. The molecule has 0 aliphatic carbocycles. The van der Waals surface area contributed by atoms with Crippen LogP contribution in [0.4, 0.5) is 5.69 Å². The largest absolute Gasteiger partial charge is 0.385 e. The van der Waals surface area contributed by atoms with Gasteiger partial charge in [0.05, 0.1) is 0 Å². The quantitative estimate of drug-likeness (QED) is 0.661. The Balaban J connectivity index is 0.000000342. The molecule has 0 aromatic heterocycles. The number of rotatable bonds is 0. The van der Waals surface area contributed by atoms with Gasteiger partial charge in [-0.1, -0.05) is 52.3 Å². The van der Waals surface area contributed by atoms with Crippen molar-refractivity contribution in [2.75, 3.05) is 11.9 Å². The predicted octanol–water partition coefficient (Wildman–Crippen LogP) is 4.49. The van der Waals surface area contributed by atoms with Crippen LogP contribution in [-0.2, 0) is 6.42 Å². The molecule has 1 nitrogen and oxygen atoms in total. The average molecular weight is 207 g/mol. The smallest absolute Gasteiger partial charge is 0.0372 e. The Labute approximate surface area is 94.9 Å². The summed E-state index contributed by atoms with van der Waals surface area (Å²) >= 11 is 0. The first kappa shape index (κ1) is 14.0. The van der Waals surface area contributed by atoms with Gasteiger partial charge in [-0.2, -0.15) is 0 Å². The van der Waals surface area contributed by atoms with Gasteiger partial charge in [0.1, 0.15) is 0 Å². The molecule has 0 amide bonds. The van der Waals surface area contributed by atoms with Gasteiger partial charge in [0.25, 0.3) is 0 Å². The molecule has 0 bridgehead atoms. The molecule has 15 heavy (non-hydrogen) atoms. The number of fused-ring (bicyclic) bond motifs is 1. The molecule has 1 N–H and O–H groups in total. The van der Waals surface area contributed by atoms with E-state index in [1.54, 1.807) is 0 Å². The third-order valence-corrected chi connectivity index (χ3v) is 1.96. The van der Waals surface area contributed by atoms with Crippen LogP contribution in [0.3, 0.4) is 0 Å². The summed E-state index contributed by atoms with van der Waals surface area (Å²) in [6, 6.07) is 8.53. The van der Waals surface area contributed by atoms with Gasteiger partial charge in [-0.05, 0) is 24.5 Å². The first-order valence-corrected chi connectivity index (χ1v) is 6.20. The van der Waals surface area contributed by atoms with Crippen LogP contribution in [0, 0.1) is 0 Å². The van der Waals surface area contributed by atoms with Crippen molar-refractivity contribution in [2.45, 2.75) is 47.0 Å². The fraction of sp³-hybridized carbons (Fsp3) is 0.571. The minimum absolute atomic E-state index is 1.14. The number of nitrogens with one attached hydrogen (secondary N) is 1. The van der Waals surface area contributed by atoms with E-state index in [9.17, 15) is 0 Å². The van der Waals surface area contributed by atoms with E-state index in [1.807, 2.05) is 13.8 Å². The highest BCUT2D eigenvalue weighted by Crippen LogP contribution is 2.19. The Morgan fingerprint density at radius 3 is 2.33 bits per heavy atom. The van der Waals surface area contributed by atoms with Crippen molar-refractivity contribution in [2.24, 2.45) is 0 Å². The van der Waals surface area contributed by atoms with Crippen LogP contribution in [0.1, 0.15) is 46.1 Å². The van der Waals surface area contributed by atoms with Crippen molar-refractivity contribution in [3.8, 4) is 0 Å². The van der Waals surface area contributed by atoms with Gasteiger partial charge in [-0.3, -0.25) is 0 Å². The van der Waals surface area contributed by atoms with E-state index in [-0.39, 0.29) is 0 Å². The molecule has 1 aromatic carbocycles. The second kappa shape index (κ2) is 9.57. The van der Waals surface area contributed by atoms with Crippen LogP contribution < -0.4 is 5.32 Å². The Hall–Kier alpha value is -0.980. The average Bonchev–Trinajstić information content (AvgIpc) is 2.33. The van der Waals surface area contributed by atoms with E-state index < -0.39 is 0 Å². The summed E-state index contributed by atoms with van der Waals surface area (Å²) in [4.78, 5) is 0. The van der Waals surface area contributed by atoms with E-state index in [0.29, 0.717) is 0 Å². The number of hydrogen-bond donors (Lipinski definition) is 1. The lowest BCUT2D eigenvalue weighted by Crippen LogP contribution is -2.10. The van der Waals surface area contributed by atoms with Crippen molar-refractivity contribution in [1.29, 1.82) is 0 Å². The zero-order valence-corrected chi connectivity index (χ0v) is 10.6. The summed E-state index contributed by atoms with van der Waals surface area (Å²) in [5.74, 6) is 0. The highest BCUT2D eigenvalue weighted by Gasteiger charge is 2.04. The fourth-order valence-electron chi connectivity index (χ4n) is 1.41. The van der Waals surface area contributed by atoms with Gasteiger partial charge in [0, 0.05) is 12.2 Å². The molecule has 0 fully saturated rings. The summed E-state index contributed by atoms with van der Waals surface area (Å²) < 4.78 is 0. The Kier molecular flexibility index (Phi) is 8.95. The van der Waals surface area contributed by atoms with Crippen LogP contribution in [0.2, 0.25) is 0 Å². The summed E-state index contributed by atoms with van der Waals surface area (Å²) in [7, 11) is 0. The van der Waals surface area contributed by atoms with Gasteiger partial charge in [-0.15, -0.1) is 0 Å². The molecule has 1 aromatic rings. The lowest BCUT2D eigenvalue weighted by molar-refractivity contribution is 0.830. The van der Waals surface area contributed by atoms with Crippen molar-refractivity contribution in [1.82, 2.24) is 0 Å². The predicted molar refractivity (Wildman–Crippen MR) is 70.6 cm³/mol. The van der Waals surface area contributed by atoms with Gasteiger partial charge >= 0.3 is 0 Å². The molecular weight excluding hydrogens is 182 g/mol. The van der Waals surface area contributed by atoms with E-state index in [4.69, 9.17) is 0 Å². The zero-order chi connectivity index (χ0) is 11.5. The standard InChI is InChI=1S/C9H11N.C3H8.C2H6/c1-2-6-9-8(4-1)5-3-7-10-9;1-3-2;1-2/h1-2,4,6,10H,3,5,7H2;3H2,1-2H3;1-2H3. The topological polar surface area (TPSA) is 12.0 Å². The van der Waals surface area contributed by atoms with Crippen LogP contribution in [0.5, 0.6) is 0 Å². The van der Waals surface area contributed by atoms with E-state index in [1.165, 1.54) is 30.5 Å². The highest BCUT2D eigenvalue weighted by atomic mass is 14.9. The maximum absolute atomic E-state index is 3.36. The van der Waals surface area contributed by atoms with E-state index in [0.717, 1.165) is 6.54 Å². The summed E-state index contributed by atoms with van der Waals surface area (Å²) in [5.41, 5.74) is 2.79. The molecule has 0 spiro atoms. The Bertz CT molecular complexity index is 218. The molecule has 1 heterocycles. The van der Waals surface area contributed by atoms with Crippen LogP contribution in [-0.4, -0.2) is 6.54 Å². The number of hydrogen-bond acceptors (Lipinski definition) is 1. The molecule has 2 rings (SSSR count). The maximum Gasteiger partial charge on any atom is 0.0372 e. The molecule has 0 atom stereocenters. The molecule has 1 heteroatoms. The molecule has 0 radical (unpaired) electrons. The Morgan fingerprint density at radius 1 is 1.13 bits per heavy atom. The van der Waals surface area contributed by atoms with Crippen LogP contribution >= 0.6 is 0 Å². The van der Waals surface area contributed by atoms with Crippen molar-refractivity contribution in [3.05, 3.63) is 29.8 Å². The first-order valence-electron chi connectivity index (χ1n) is 6.20. The third-order valence-electron chi connectivity index (χ3n) is 1.96. The zero-order valence-electron chi connectivity index (χ0n) is 10.6. The van der Waals surface area contributed by atoms with Crippen molar-refractivity contribution < 1.29 is 0 Å². The van der Waals surface area contributed by atoms with Crippen molar-refractivity contribution in [3.63, 3.8) is 0 Å². The van der Waals surface area contributed by atoms with Crippen molar-refractivity contribution >= 4 is 5.69 Å². The van der Waals surface area contributed by atoms with Gasteiger partial charge in [0.15, 0.2) is 0 Å². The molecular formula is C14H25N. The summed E-state index contributed by atoms with van der Waals surface area (Å²) in [5, 5.41) is 3.36. The highest BCUT2D eigenvalue weighted by molar-refractivity contribution is 5.52. The summed E-state index contributed by atoms with van der Waals surface area (Å²) in [6.45, 7) is 9.39. The molecule has 0 unspecified atom stereocenters. The monoisotopic (exact) mass is 207 g/mol. The lowest BCUT2D eigenvalue weighted by Gasteiger charge is -2.16. The first-order chi connectivity index (χ1) is 7.38. The van der Waals surface area contributed by atoms with Gasteiger partial charge in [0.2, 0.25) is 0 Å². The van der Waals surface area contributed by atoms with Gasteiger partial charge in [-0.25, -0.2) is 0 Å². The summed E-state index contributed by atoms with van der Waals surface area (Å²) in [6.07, 6.45) is 3.76.